The van der Waals surface area contributed by atoms with Gasteiger partial charge in [-0.2, -0.15) is 0 Å². The van der Waals surface area contributed by atoms with Gasteiger partial charge in [0.05, 0.1) is 12.5 Å². The van der Waals surface area contributed by atoms with E-state index < -0.39 is 25.9 Å². The highest BCUT2D eigenvalue weighted by molar-refractivity contribution is 7.46. The molecule has 3 rings (SSSR count). The number of hydrogen-bond donors (Lipinski definition) is 4. The molecule has 1 heterocycles. The van der Waals surface area contributed by atoms with Crippen LogP contribution in [0.3, 0.4) is 0 Å². The van der Waals surface area contributed by atoms with Crippen molar-refractivity contribution in [2.45, 2.75) is 38.8 Å². The molecule has 0 aliphatic rings. The normalized spacial score (nSPS) is 13.3. The Morgan fingerprint density at radius 2 is 1.86 bits per heavy atom. The predicted octanol–water partition coefficient (Wildman–Crippen LogP) is 5.18. The van der Waals surface area contributed by atoms with Crippen LogP contribution >= 0.6 is 19.2 Å². The molecule has 35 heavy (non-hydrogen) atoms. The summed E-state index contributed by atoms with van der Waals surface area (Å²) in [5.41, 5.74) is 8.33. The van der Waals surface area contributed by atoms with Crippen LogP contribution in [0.5, 0.6) is 5.75 Å². The first-order valence-electron chi connectivity index (χ1n) is 11.4. The first kappa shape index (κ1) is 27.1. The summed E-state index contributed by atoms with van der Waals surface area (Å²) in [6, 6.07) is 19.7. The average molecular weight is 519 g/mol. The van der Waals surface area contributed by atoms with Gasteiger partial charge in [0.25, 0.3) is 0 Å². The number of hydrogen-bond acceptors (Lipinski definition) is 6. The molecule has 1 aromatic heterocycles. The number of aryl methyl sites for hydroxylation is 1. The number of benzene rings is 2. The van der Waals surface area contributed by atoms with Crippen molar-refractivity contribution >= 4 is 30.8 Å². The second-order valence-electron chi connectivity index (χ2n) is 8.17. The van der Waals surface area contributed by atoms with E-state index in [1.165, 1.54) is 12.5 Å². The lowest BCUT2D eigenvalue weighted by molar-refractivity contribution is -0.122. The Morgan fingerprint density at radius 1 is 1.09 bits per heavy atom. The number of carbonyl (C=O) groups is 1. The van der Waals surface area contributed by atoms with Crippen molar-refractivity contribution in [2.75, 3.05) is 11.9 Å². The molecule has 0 saturated carbocycles. The first-order chi connectivity index (χ1) is 16.7. The van der Waals surface area contributed by atoms with Gasteiger partial charge >= 0.3 is 7.82 Å². The molecule has 10 heteroatoms. The van der Waals surface area contributed by atoms with E-state index in [1.54, 1.807) is 17.4 Å². The second-order valence-corrected chi connectivity index (χ2v) is 10.3. The van der Waals surface area contributed by atoms with Gasteiger partial charge in [-0.1, -0.05) is 36.4 Å². The molecule has 0 saturated heterocycles. The highest BCUT2D eigenvalue weighted by atomic mass is 32.1. The second kappa shape index (κ2) is 13.0. The summed E-state index contributed by atoms with van der Waals surface area (Å²) < 4.78 is 21.5. The van der Waals surface area contributed by atoms with E-state index in [0.29, 0.717) is 12.3 Å². The largest absolute Gasteiger partial charge is 0.493 e. The molecule has 0 aliphatic carbocycles. The lowest BCUT2D eigenvalue weighted by Crippen LogP contribution is -2.38. The van der Waals surface area contributed by atoms with Crippen molar-refractivity contribution < 1.29 is 28.4 Å². The zero-order valence-electron chi connectivity index (χ0n) is 19.5. The summed E-state index contributed by atoms with van der Waals surface area (Å²) in [7, 11) is -4.80. The van der Waals surface area contributed by atoms with Crippen LogP contribution in [0.15, 0.2) is 66.0 Å². The number of amides is 1. The van der Waals surface area contributed by atoms with E-state index in [9.17, 15) is 9.36 Å². The molecule has 1 amide bonds. The first-order valence-corrected chi connectivity index (χ1v) is 13.8. The number of nitrogens with one attached hydrogen (secondary N) is 1. The number of rotatable bonds is 13. The topological polar surface area (TPSA) is 131 Å². The third-order valence-electron chi connectivity index (χ3n) is 5.41. The van der Waals surface area contributed by atoms with Gasteiger partial charge in [-0.25, -0.2) is 4.57 Å². The number of ether oxygens (including phenoxy) is 1. The molecule has 5 N–H and O–H groups in total. The number of phosphoric ester groups is 1. The number of thiophene rings is 1. The summed E-state index contributed by atoms with van der Waals surface area (Å²) in [5.74, 6) is -0.780. The molecule has 8 nitrogen and oxygen atoms in total. The molecule has 0 spiro atoms. The Bertz CT molecular complexity index is 1120. The third kappa shape index (κ3) is 8.89. The molecule has 0 bridgehead atoms. The fourth-order valence-corrected chi connectivity index (χ4v) is 4.69. The Kier molecular flexibility index (Phi) is 10.0. The average Bonchev–Trinajstić information content (AvgIpc) is 3.36. The van der Waals surface area contributed by atoms with Crippen molar-refractivity contribution in [2.24, 2.45) is 11.7 Å². The fraction of sp³-hybridized carbons (Fsp3) is 0.320. The fourth-order valence-electron chi connectivity index (χ4n) is 3.45. The highest BCUT2D eigenvalue weighted by Crippen LogP contribution is 2.38. The number of phosphoric acid groups is 1. The highest BCUT2D eigenvalue weighted by Gasteiger charge is 2.28. The van der Waals surface area contributed by atoms with Gasteiger partial charge in [-0.3, -0.25) is 9.32 Å². The summed E-state index contributed by atoms with van der Waals surface area (Å²) in [5, 5.41) is 4.70. The Labute approximate surface area is 209 Å². The molecule has 2 atom stereocenters. The van der Waals surface area contributed by atoms with Gasteiger partial charge in [0.2, 0.25) is 5.91 Å². The van der Waals surface area contributed by atoms with Gasteiger partial charge in [0, 0.05) is 16.1 Å². The van der Waals surface area contributed by atoms with Crippen molar-refractivity contribution in [1.29, 1.82) is 0 Å². The molecule has 188 valence electrons. The minimum Gasteiger partial charge on any atom is -0.493 e. The number of anilines is 1. The standard InChI is InChI=1S/C25H31N2O6PS/c1-18(24(26)33-34(29,30)31)25(28)27-20-13-14-22(21(17-20)23-12-8-16-35-23)32-15-7-3-6-11-19-9-4-2-5-10-19/h2,4-5,8-10,12-14,16-18,24H,3,6-7,11,15,26H2,1H3,(H,27,28)(H2,29,30,31). The molecule has 0 radical (unpaired) electrons. The molecule has 2 unspecified atom stereocenters. The monoisotopic (exact) mass is 518 g/mol. The zero-order chi connectivity index (χ0) is 25.3. The van der Waals surface area contributed by atoms with Crippen molar-refractivity contribution in [3.05, 3.63) is 71.6 Å². The van der Waals surface area contributed by atoms with Crippen molar-refractivity contribution in [1.82, 2.24) is 0 Å². The van der Waals surface area contributed by atoms with Crippen molar-refractivity contribution in [3.8, 4) is 16.2 Å². The van der Waals surface area contributed by atoms with Crippen LogP contribution in [0.25, 0.3) is 10.4 Å². The number of carbonyl (C=O) groups excluding carboxylic acids is 1. The molecule has 0 fully saturated rings. The SMILES string of the molecule is CC(C(=O)Nc1ccc(OCCCCCc2ccccc2)c(-c2cccs2)c1)C(N)OP(=O)(O)O. The van der Waals surface area contributed by atoms with Crippen LogP contribution in [0.2, 0.25) is 0 Å². The van der Waals surface area contributed by atoms with E-state index >= 15 is 0 Å². The van der Waals surface area contributed by atoms with E-state index in [0.717, 1.165) is 41.9 Å². The van der Waals surface area contributed by atoms with E-state index in [-0.39, 0.29) is 0 Å². The van der Waals surface area contributed by atoms with Crippen LogP contribution in [0.4, 0.5) is 5.69 Å². The van der Waals surface area contributed by atoms with Gasteiger partial charge in [0.1, 0.15) is 12.0 Å². The summed E-state index contributed by atoms with van der Waals surface area (Å²) in [6.45, 7) is 2.02. The molecule has 2 aromatic carbocycles. The predicted molar refractivity (Wildman–Crippen MR) is 138 cm³/mol. The Balaban J connectivity index is 1.58. The zero-order valence-corrected chi connectivity index (χ0v) is 21.2. The van der Waals surface area contributed by atoms with Gasteiger partial charge in [-0.05, 0) is 67.8 Å². The molecular weight excluding hydrogens is 487 g/mol. The van der Waals surface area contributed by atoms with Crippen LogP contribution < -0.4 is 15.8 Å². The van der Waals surface area contributed by atoms with Gasteiger partial charge < -0.3 is 25.6 Å². The van der Waals surface area contributed by atoms with Gasteiger partial charge in [-0.15, -0.1) is 11.3 Å². The number of unbranched alkanes of at least 4 members (excludes halogenated alkanes) is 2. The van der Waals surface area contributed by atoms with E-state index in [4.69, 9.17) is 20.3 Å². The summed E-state index contributed by atoms with van der Waals surface area (Å²) in [4.78, 5) is 31.4. The van der Waals surface area contributed by atoms with Crippen molar-refractivity contribution in [3.63, 3.8) is 0 Å². The lowest BCUT2D eigenvalue weighted by Gasteiger charge is -2.20. The molecule has 0 aliphatic heterocycles. The van der Waals surface area contributed by atoms with Crippen LogP contribution in [-0.4, -0.2) is 28.5 Å². The van der Waals surface area contributed by atoms with Crippen LogP contribution in [0, 0.1) is 5.92 Å². The lowest BCUT2D eigenvalue weighted by atomic mass is 10.1. The number of nitrogens with two attached hydrogens (primary N) is 1. The minimum atomic E-state index is -4.80. The quantitative estimate of drug-likeness (QED) is 0.139. The molecule has 3 aromatic rings. The smallest absolute Gasteiger partial charge is 0.471 e. The van der Waals surface area contributed by atoms with E-state index in [2.05, 4.69) is 34.1 Å². The van der Waals surface area contributed by atoms with Gasteiger partial charge in [0.15, 0.2) is 0 Å². The summed E-state index contributed by atoms with van der Waals surface area (Å²) >= 11 is 1.56. The molecular formula is C25H31N2O6PS. The van der Waals surface area contributed by atoms with Crippen LogP contribution in [0.1, 0.15) is 31.7 Å². The maximum absolute atomic E-state index is 12.5. The minimum absolute atomic E-state index is 0.517. The third-order valence-corrected chi connectivity index (χ3v) is 6.83. The maximum Gasteiger partial charge on any atom is 0.471 e. The van der Waals surface area contributed by atoms with Crippen LogP contribution in [-0.2, 0) is 20.3 Å². The summed E-state index contributed by atoms with van der Waals surface area (Å²) in [6.07, 6.45) is 2.70. The maximum atomic E-state index is 12.5. The Hall–Kier alpha value is -2.52. The van der Waals surface area contributed by atoms with E-state index in [1.807, 2.05) is 35.7 Å². The Morgan fingerprint density at radius 3 is 2.54 bits per heavy atom.